The minimum Gasteiger partial charge on any atom is -0.512 e. The third-order valence-corrected chi connectivity index (χ3v) is 17.3. The Hall–Kier alpha value is -3.77. The van der Waals surface area contributed by atoms with Gasteiger partial charge in [0.15, 0.2) is 0 Å². The first-order valence-corrected chi connectivity index (χ1v) is 19.4. The van der Waals surface area contributed by atoms with Gasteiger partial charge in [-0.05, 0) is 40.4 Å². The number of hydrogen-bond acceptors (Lipinski definition) is 7. The number of hydrogen-bond donors (Lipinski definition) is 2. The number of methoxy groups -OCH3 is 1. The van der Waals surface area contributed by atoms with Crippen LogP contribution < -0.4 is 15.7 Å². The Morgan fingerprint density at radius 3 is 2.06 bits per heavy atom. The quantitative estimate of drug-likeness (QED) is 0.275. The molecule has 2 aliphatic heterocycles. The van der Waals surface area contributed by atoms with Gasteiger partial charge in [-0.25, -0.2) is 13.2 Å². The van der Waals surface area contributed by atoms with E-state index in [1.54, 1.807) is 18.2 Å². The molecule has 47 heavy (non-hydrogen) atoms. The lowest BCUT2D eigenvalue weighted by atomic mass is 9.59. The van der Waals surface area contributed by atoms with Gasteiger partial charge < -0.3 is 19.6 Å². The molecule has 0 bridgehead atoms. The molecular formula is C36H42N2O7SSi. The topological polar surface area (TPSA) is 122 Å². The van der Waals surface area contributed by atoms with Crippen LogP contribution in [0.15, 0.2) is 107 Å². The molecule has 3 aliphatic rings. The number of aliphatic hydroxyl groups is 1. The molecule has 3 aromatic carbocycles. The molecule has 0 saturated carbocycles. The average Bonchev–Trinajstić information content (AvgIpc) is 3.40. The van der Waals surface area contributed by atoms with E-state index in [1.165, 1.54) is 23.5 Å². The van der Waals surface area contributed by atoms with Crippen LogP contribution >= 0.6 is 0 Å². The summed E-state index contributed by atoms with van der Waals surface area (Å²) in [6, 6.07) is 26.6. The maximum absolute atomic E-state index is 14.7. The molecular weight excluding hydrogens is 633 g/mol. The molecule has 3 aromatic rings. The molecule has 2 heterocycles. The SMILES string of the molecule is COC(=O)C1=C(O)C[C@@H]2N(S(=O)(=O)c3ccccc3)[C@@H](CO[Si](c3ccccc3)(c3ccccc3)C(C)(C)C)C[C@@]23C(=O)NCC[C@@H]13. The number of carbonyl (C=O) groups excluding carboxylic acids is 2. The smallest absolute Gasteiger partial charge is 0.337 e. The highest BCUT2D eigenvalue weighted by Gasteiger charge is 2.68. The van der Waals surface area contributed by atoms with Crippen molar-refractivity contribution in [2.24, 2.45) is 11.3 Å². The van der Waals surface area contributed by atoms with Gasteiger partial charge in [-0.1, -0.05) is 99.6 Å². The summed E-state index contributed by atoms with van der Waals surface area (Å²) in [5.41, 5.74) is -1.25. The Morgan fingerprint density at radius 1 is 0.979 bits per heavy atom. The number of sulfonamides is 1. The van der Waals surface area contributed by atoms with Crippen molar-refractivity contribution in [1.29, 1.82) is 0 Å². The molecule has 2 fully saturated rings. The lowest BCUT2D eigenvalue weighted by Crippen LogP contribution is -2.67. The summed E-state index contributed by atoms with van der Waals surface area (Å²) in [6.45, 7) is 6.76. The predicted molar refractivity (Wildman–Crippen MR) is 181 cm³/mol. The highest BCUT2D eigenvalue weighted by Crippen LogP contribution is 2.58. The van der Waals surface area contributed by atoms with Crippen molar-refractivity contribution in [3.63, 3.8) is 0 Å². The summed E-state index contributed by atoms with van der Waals surface area (Å²) >= 11 is 0. The van der Waals surface area contributed by atoms with Gasteiger partial charge in [0.2, 0.25) is 15.9 Å². The number of aliphatic hydroxyl groups excluding tert-OH is 1. The van der Waals surface area contributed by atoms with E-state index >= 15 is 0 Å². The zero-order valence-electron chi connectivity index (χ0n) is 27.2. The fraction of sp³-hybridized carbons (Fsp3) is 0.389. The minimum absolute atomic E-state index is 0.00587. The summed E-state index contributed by atoms with van der Waals surface area (Å²) in [6.07, 6.45) is 0.278. The second kappa shape index (κ2) is 12.4. The Kier molecular flexibility index (Phi) is 8.71. The molecule has 0 aromatic heterocycles. The largest absolute Gasteiger partial charge is 0.512 e. The summed E-state index contributed by atoms with van der Waals surface area (Å²) in [4.78, 5) is 27.3. The first-order valence-electron chi connectivity index (χ1n) is 16.0. The Morgan fingerprint density at radius 2 is 1.53 bits per heavy atom. The first-order chi connectivity index (χ1) is 22.4. The van der Waals surface area contributed by atoms with Crippen LogP contribution in [0.1, 0.15) is 40.0 Å². The number of piperidine rings is 1. The number of amides is 1. The van der Waals surface area contributed by atoms with E-state index in [-0.39, 0.29) is 46.6 Å². The molecule has 4 atom stereocenters. The van der Waals surface area contributed by atoms with Gasteiger partial charge in [-0.3, -0.25) is 4.79 Å². The van der Waals surface area contributed by atoms with E-state index in [2.05, 4.69) is 50.4 Å². The van der Waals surface area contributed by atoms with Gasteiger partial charge in [0, 0.05) is 31.0 Å². The van der Waals surface area contributed by atoms with Crippen molar-refractivity contribution < 1.29 is 32.3 Å². The van der Waals surface area contributed by atoms with Gasteiger partial charge in [-0.15, -0.1) is 0 Å². The van der Waals surface area contributed by atoms with E-state index in [0.717, 1.165) is 10.4 Å². The molecule has 2 saturated heterocycles. The van der Waals surface area contributed by atoms with E-state index in [4.69, 9.17) is 9.16 Å². The van der Waals surface area contributed by atoms with Gasteiger partial charge in [0.25, 0.3) is 8.32 Å². The standard InChI is InChI=1S/C36H42N2O7SSi/c1-35(2,3)47(27-16-10-6-11-17-27,28-18-12-7-13-19-28)45-24-25-23-36-29(20-21-37-34(36)41)32(33(40)44-4)30(39)22-31(36)38(25)46(42,43)26-14-8-5-9-15-26/h5-19,25,29,31,39H,20-24H2,1-4H3,(H,37,41)/t25-,29+,31+,36+/m1/s1. The second-order valence-corrected chi connectivity index (χ2v) is 19.8. The van der Waals surface area contributed by atoms with E-state index in [0.29, 0.717) is 13.0 Å². The van der Waals surface area contributed by atoms with Crippen LogP contribution in [-0.4, -0.2) is 70.4 Å². The molecule has 0 unspecified atom stereocenters. The molecule has 1 amide bonds. The normalized spacial score (nSPS) is 25.1. The third kappa shape index (κ3) is 5.24. The van der Waals surface area contributed by atoms with Crippen molar-refractivity contribution >= 4 is 40.6 Å². The molecule has 6 rings (SSSR count). The highest BCUT2D eigenvalue weighted by atomic mass is 32.2. The van der Waals surface area contributed by atoms with Crippen molar-refractivity contribution in [1.82, 2.24) is 9.62 Å². The monoisotopic (exact) mass is 674 g/mol. The maximum Gasteiger partial charge on any atom is 0.337 e. The van der Waals surface area contributed by atoms with Crippen molar-refractivity contribution in [2.45, 2.75) is 62.1 Å². The Labute approximate surface area is 277 Å². The van der Waals surface area contributed by atoms with Crippen molar-refractivity contribution in [3.8, 4) is 0 Å². The Balaban J connectivity index is 1.52. The lowest BCUT2D eigenvalue weighted by Gasteiger charge is -2.48. The van der Waals surface area contributed by atoms with Gasteiger partial charge in [0.1, 0.15) is 5.76 Å². The van der Waals surface area contributed by atoms with E-state index in [1.807, 2.05) is 36.4 Å². The predicted octanol–water partition coefficient (Wildman–Crippen LogP) is 3.91. The number of nitrogens with zero attached hydrogens (tertiary/aromatic N) is 1. The second-order valence-electron chi connectivity index (χ2n) is 13.7. The zero-order chi connectivity index (χ0) is 33.6. The number of nitrogens with one attached hydrogen (secondary N) is 1. The fourth-order valence-corrected chi connectivity index (χ4v) is 14.8. The molecule has 1 aliphatic carbocycles. The molecule has 9 nitrogen and oxygen atoms in total. The van der Waals surface area contributed by atoms with E-state index in [9.17, 15) is 23.1 Å². The summed E-state index contributed by atoms with van der Waals surface area (Å²) in [5.74, 6) is -1.99. The van der Waals surface area contributed by atoms with Gasteiger partial charge in [0.05, 0.1) is 29.6 Å². The average molecular weight is 675 g/mol. The molecule has 248 valence electrons. The Bertz CT molecular complexity index is 1740. The first kappa shape index (κ1) is 33.1. The minimum atomic E-state index is -4.20. The van der Waals surface area contributed by atoms with Crippen LogP contribution in [0.4, 0.5) is 0 Å². The summed E-state index contributed by atoms with van der Waals surface area (Å²) in [5, 5.41) is 16.0. The number of ether oxygens (including phenoxy) is 1. The van der Waals surface area contributed by atoms with Crippen LogP contribution in [0.25, 0.3) is 0 Å². The van der Waals surface area contributed by atoms with Gasteiger partial charge in [-0.2, -0.15) is 4.31 Å². The molecule has 2 N–H and O–H groups in total. The van der Waals surface area contributed by atoms with Crippen LogP contribution in [0.2, 0.25) is 5.04 Å². The van der Waals surface area contributed by atoms with Crippen LogP contribution in [0, 0.1) is 11.3 Å². The van der Waals surface area contributed by atoms with E-state index < -0.39 is 47.7 Å². The van der Waals surface area contributed by atoms with Crippen molar-refractivity contribution in [3.05, 3.63) is 102 Å². The van der Waals surface area contributed by atoms with Gasteiger partial charge >= 0.3 is 5.97 Å². The fourth-order valence-electron chi connectivity index (χ4n) is 8.36. The summed E-state index contributed by atoms with van der Waals surface area (Å²) in [7, 11) is -6.06. The number of rotatable bonds is 8. The van der Waals surface area contributed by atoms with Crippen LogP contribution in [-0.2, 0) is 28.8 Å². The molecule has 11 heteroatoms. The highest BCUT2D eigenvalue weighted by molar-refractivity contribution is 7.89. The third-order valence-electron chi connectivity index (χ3n) is 10.3. The maximum atomic E-state index is 14.7. The molecule has 0 radical (unpaired) electrons. The van der Waals surface area contributed by atoms with Crippen LogP contribution in [0.5, 0.6) is 0 Å². The van der Waals surface area contributed by atoms with Crippen molar-refractivity contribution in [2.75, 3.05) is 20.3 Å². The summed E-state index contributed by atoms with van der Waals surface area (Å²) < 4.78 is 43.1. The van der Waals surface area contributed by atoms with Crippen LogP contribution in [0.3, 0.4) is 0 Å². The zero-order valence-corrected chi connectivity index (χ0v) is 29.0. The number of carbonyl (C=O) groups is 2. The lowest BCUT2D eigenvalue weighted by molar-refractivity contribution is -0.143. The molecule has 1 spiro atoms. The number of esters is 1. The number of benzene rings is 3.